The van der Waals surface area contributed by atoms with Crippen molar-refractivity contribution in [3.63, 3.8) is 0 Å². The fraction of sp³-hybridized carbons (Fsp3) is 0.350. The molecular formula is C20H24N6. The van der Waals surface area contributed by atoms with Gasteiger partial charge < -0.3 is 10.2 Å². The van der Waals surface area contributed by atoms with Crippen LogP contribution < -0.4 is 10.2 Å². The number of hydrogen-bond donors (Lipinski definition) is 1. The van der Waals surface area contributed by atoms with Gasteiger partial charge >= 0.3 is 0 Å². The van der Waals surface area contributed by atoms with Gasteiger partial charge in [-0.25, -0.2) is 0 Å². The van der Waals surface area contributed by atoms with Crippen molar-refractivity contribution in [2.24, 2.45) is 0 Å². The van der Waals surface area contributed by atoms with E-state index in [4.69, 9.17) is 0 Å². The molecule has 4 rings (SSSR count). The minimum absolute atomic E-state index is 0.461. The van der Waals surface area contributed by atoms with E-state index in [0.29, 0.717) is 6.04 Å². The number of anilines is 1. The maximum Gasteiger partial charge on any atom is 0.151 e. The van der Waals surface area contributed by atoms with Crippen molar-refractivity contribution in [1.82, 2.24) is 25.3 Å². The molecule has 0 spiro atoms. The Morgan fingerprint density at radius 2 is 2.00 bits per heavy atom. The van der Waals surface area contributed by atoms with Crippen LogP contribution in [0.15, 0.2) is 61.1 Å². The second-order valence-corrected chi connectivity index (χ2v) is 6.78. The molecule has 1 saturated heterocycles. The summed E-state index contributed by atoms with van der Waals surface area (Å²) in [6.07, 6.45) is 8.16. The van der Waals surface area contributed by atoms with Crippen molar-refractivity contribution in [3.05, 3.63) is 72.2 Å². The third-order valence-corrected chi connectivity index (χ3v) is 4.77. The molecule has 3 aromatic rings. The molecule has 134 valence electrons. The molecule has 2 aromatic heterocycles. The van der Waals surface area contributed by atoms with E-state index in [1.165, 1.54) is 24.0 Å². The number of aromatic nitrogens is 4. The van der Waals surface area contributed by atoms with Gasteiger partial charge in [0, 0.05) is 43.6 Å². The average molecular weight is 348 g/mol. The number of nitrogens with zero attached hydrogens (tertiary/aromatic N) is 5. The third-order valence-electron chi connectivity index (χ3n) is 4.77. The molecule has 0 amide bonds. The summed E-state index contributed by atoms with van der Waals surface area (Å²) in [5.41, 5.74) is 2.49. The smallest absolute Gasteiger partial charge is 0.151 e. The first kappa shape index (κ1) is 16.7. The van der Waals surface area contributed by atoms with Crippen LogP contribution in [-0.2, 0) is 13.1 Å². The van der Waals surface area contributed by atoms with E-state index in [1.807, 2.05) is 29.1 Å². The summed E-state index contributed by atoms with van der Waals surface area (Å²) >= 11 is 0. The Balaban J connectivity index is 1.30. The molecular weight excluding hydrogens is 324 g/mol. The van der Waals surface area contributed by atoms with Crippen LogP contribution in [0.1, 0.15) is 24.0 Å². The summed E-state index contributed by atoms with van der Waals surface area (Å²) < 4.78 is 2.00. The van der Waals surface area contributed by atoms with Crippen LogP contribution in [0.4, 0.5) is 5.82 Å². The monoisotopic (exact) mass is 348 g/mol. The summed E-state index contributed by atoms with van der Waals surface area (Å²) in [4.78, 5) is 2.31. The maximum absolute atomic E-state index is 4.49. The van der Waals surface area contributed by atoms with Crippen LogP contribution in [0.25, 0.3) is 0 Å². The van der Waals surface area contributed by atoms with Gasteiger partial charge in [0.1, 0.15) is 0 Å². The quantitative estimate of drug-likeness (QED) is 0.742. The normalized spacial score (nSPS) is 17.4. The molecule has 0 radical (unpaired) electrons. The van der Waals surface area contributed by atoms with E-state index in [-0.39, 0.29) is 0 Å². The van der Waals surface area contributed by atoms with E-state index >= 15 is 0 Å². The van der Waals surface area contributed by atoms with Gasteiger partial charge in [-0.2, -0.15) is 10.2 Å². The van der Waals surface area contributed by atoms with E-state index < -0.39 is 0 Å². The van der Waals surface area contributed by atoms with Gasteiger partial charge in [-0.15, -0.1) is 5.10 Å². The lowest BCUT2D eigenvalue weighted by Crippen LogP contribution is -2.45. The molecule has 1 fully saturated rings. The highest BCUT2D eigenvalue weighted by atomic mass is 15.3. The molecule has 0 aliphatic carbocycles. The second-order valence-electron chi connectivity index (χ2n) is 6.78. The summed E-state index contributed by atoms with van der Waals surface area (Å²) in [5.74, 6) is 0.967. The fourth-order valence-corrected chi connectivity index (χ4v) is 3.43. The van der Waals surface area contributed by atoms with Crippen LogP contribution in [0.5, 0.6) is 0 Å². The van der Waals surface area contributed by atoms with Gasteiger partial charge in [0.15, 0.2) is 5.82 Å². The van der Waals surface area contributed by atoms with Crippen LogP contribution in [0.3, 0.4) is 0 Å². The van der Waals surface area contributed by atoms with Gasteiger partial charge in [-0.1, -0.05) is 30.3 Å². The van der Waals surface area contributed by atoms with Crippen LogP contribution in [0, 0.1) is 0 Å². The van der Waals surface area contributed by atoms with Gasteiger partial charge in [-0.05, 0) is 30.5 Å². The Kier molecular flexibility index (Phi) is 5.21. The number of rotatable bonds is 6. The third kappa shape index (κ3) is 4.26. The highest BCUT2D eigenvalue weighted by molar-refractivity contribution is 5.37. The fourth-order valence-electron chi connectivity index (χ4n) is 3.43. The lowest BCUT2D eigenvalue weighted by molar-refractivity contribution is 0.419. The maximum atomic E-state index is 4.49. The number of hydrogen-bond acceptors (Lipinski definition) is 5. The average Bonchev–Trinajstić information content (AvgIpc) is 3.15. The van der Waals surface area contributed by atoms with Crippen molar-refractivity contribution in [3.8, 4) is 0 Å². The predicted molar refractivity (Wildman–Crippen MR) is 102 cm³/mol. The summed E-state index contributed by atoms with van der Waals surface area (Å²) in [6.45, 7) is 3.67. The minimum atomic E-state index is 0.461. The Bertz CT molecular complexity index is 801. The summed E-state index contributed by atoms with van der Waals surface area (Å²) in [7, 11) is 0. The summed E-state index contributed by atoms with van der Waals surface area (Å²) in [6, 6.07) is 14.9. The number of benzene rings is 1. The van der Waals surface area contributed by atoms with Crippen LogP contribution in [-0.4, -0.2) is 39.1 Å². The van der Waals surface area contributed by atoms with E-state index in [1.54, 1.807) is 6.20 Å². The Morgan fingerprint density at radius 3 is 2.85 bits per heavy atom. The summed E-state index contributed by atoms with van der Waals surface area (Å²) in [5, 5.41) is 16.4. The number of piperidine rings is 1. The zero-order chi connectivity index (χ0) is 17.6. The molecule has 0 bridgehead atoms. The highest BCUT2D eigenvalue weighted by Crippen LogP contribution is 2.17. The van der Waals surface area contributed by atoms with Gasteiger partial charge in [0.25, 0.3) is 0 Å². The van der Waals surface area contributed by atoms with Crippen molar-refractivity contribution in [2.75, 3.05) is 18.0 Å². The first-order valence-electron chi connectivity index (χ1n) is 9.18. The van der Waals surface area contributed by atoms with Gasteiger partial charge in [-0.3, -0.25) is 4.68 Å². The molecule has 6 heteroatoms. The zero-order valence-electron chi connectivity index (χ0n) is 14.8. The first-order chi connectivity index (χ1) is 12.9. The second kappa shape index (κ2) is 8.10. The molecule has 26 heavy (non-hydrogen) atoms. The van der Waals surface area contributed by atoms with Crippen molar-refractivity contribution in [1.29, 1.82) is 0 Å². The molecule has 6 nitrogen and oxygen atoms in total. The van der Waals surface area contributed by atoms with E-state index in [9.17, 15) is 0 Å². The zero-order valence-corrected chi connectivity index (χ0v) is 14.8. The lowest BCUT2D eigenvalue weighted by Gasteiger charge is -2.33. The molecule has 1 atom stereocenters. The predicted octanol–water partition coefficient (Wildman–Crippen LogP) is 2.48. The Morgan fingerprint density at radius 1 is 1.08 bits per heavy atom. The first-order valence-corrected chi connectivity index (χ1v) is 9.18. The van der Waals surface area contributed by atoms with Crippen molar-refractivity contribution < 1.29 is 0 Å². The van der Waals surface area contributed by atoms with Gasteiger partial charge in [0.05, 0.1) is 12.7 Å². The van der Waals surface area contributed by atoms with E-state index in [0.717, 1.165) is 32.0 Å². The highest BCUT2D eigenvalue weighted by Gasteiger charge is 2.20. The van der Waals surface area contributed by atoms with Gasteiger partial charge in [0.2, 0.25) is 0 Å². The van der Waals surface area contributed by atoms with E-state index in [2.05, 4.69) is 56.0 Å². The molecule has 0 unspecified atom stereocenters. The minimum Gasteiger partial charge on any atom is -0.354 e. The largest absolute Gasteiger partial charge is 0.354 e. The molecule has 1 N–H and O–H groups in total. The Labute approximate surface area is 153 Å². The van der Waals surface area contributed by atoms with Crippen LogP contribution >= 0.6 is 0 Å². The molecule has 1 aliphatic heterocycles. The SMILES string of the molecule is c1ccc(Cn2cc(CN[C@H]3CCCN(c4cccnn4)C3)cn2)cc1. The lowest BCUT2D eigenvalue weighted by atomic mass is 10.1. The number of nitrogens with one attached hydrogen (secondary N) is 1. The Hall–Kier alpha value is -2.73. The molecule has 1 aromatic carbocycles. The molecule has 3 heterocycles. The topological polar surface area (TPSA) is 58.9 Å². The van der Waals surface area contributed by atoms with Crippen molar-refractivity contribution >= 4 is 5.82 Å². The van der Waals surface area contributed by atoms with Crippen molar-refractivity contribution in [2.45, 2.75) is 32.0 Å². The van der Waals surface area contributed by atoms with Crippen LogP contribution in [0.2, 0.25) is 0 Å². The molecule has 1 aliphatic rings. The standard InChI is InChI=1S/C20H24N6/c1-2-6-17(7-3-1)14-26-15-18(13-23-26)12-21-19-8-5-11-25(16-19)20-9-4-10-22-24-20/h1-4,6-7,9-10,13,15,19,21H,5,8,11-12,14,16H2/t19-/m0/s1. The molecule has 0 saturated carbocycles.